The third kappa shape index (κ3) is 3.16. The smallest absolute Gasteiger partial charge is 0.330 e. The zero-order valence-electron chi connectivity index (χ0n) is 12.3. The molecule has 112 valence electrons. The van der Waals surface area contributed by atoms with Crippen LogP contribution in [-0.4, -0.2) is 36.7 Å². The summed E-state index contributed by atoms with van der Waals surface area (Å²) in [5.41, 5.74) is 0.925. The highest BCUT2D eigenvalue weighted by molar-refractivity contribution is 5.87. The molecule has 0 aliphatic rings. The molecular formula is C15H18N2O4. The lowest BCUT2D eigenvalue weighted by molar-refractivity contribution is -0.145. The van der Waals surface area contributed by atoms with Gasteiger partial charge < -0.3 is 19.4 Å². The van der Waals surface area contributed by atoms with E-state index in [2.05, 4.69) is 5.32 Å². The van der Waals surface area contributed by atoms with Gasteiger partial charge in [0.05, 0.1) is 26.3 Å². The Labute approximate surface area is 122 Å². The largest absolute Gasteiger partial charge is 0.496 e. The van der Waals surface area contributed by atoms with Crippen LogP contribution in [0, 0.1) is 0 Å². The van der Waals surface area contributed by atoms with Crippen LogP contribution in [-0.2, 0) is 20.9 Å². The molecule has 6 heteroatoms. The lowest BCUT2D eigenvalue weighted by atomic mass is 10.2. The molecule has 6 nitrogen and oxygen atoms in total. The number of amides is 1. The highest BCUT2D eigenvalue weighted by Gasteiger charge is 2.21. The van der Waals surface area contributed by atoms with Crippen LogP contribution in [0.25, 0.3) is 10.9 Å². The molecule has 0 saturated heterocycles. The molecule has 0 aliphatic heterocycles. The molecule has 1 atom stereocenters. The summed E-state index contributed by atoms with van der Waals surface area (Å²) in [4.78, 5) is 23.0. The highest BCUT2D eigenvalue weighted by atomic mass is 16.5. The number of methoxy groups -OCH3 is 2. The van der Waals surface area contributed by atoms with Gasteiger partial charge in [-0.3, -0.25) is 4.79 Å². The van der Waals surface area contributed by atoms with E-state index >= 15 is 0 Å². The number of hydrogen-bond acceptors (Lipinski definition) is 4. The quantitative estimate of drug-likeness (QED) is 0.843. The fourth-order valence-corrected chi connectivity index (χ4v) is 2.30. The predicted octanol–water partition coefficient (Wildman–Crippen LogP) is 1.33. The third-order valence-corrected chi connectivity index (χ3v) is 3.24. The van der Waals surface area contributed by atoms with Crippen molar-refractivity contribution in [2.75, 3.05) is 14.2 Å². The van der Waals surface area contributed by atoms with E-state index in [0.717, 1.165) is 16.7 Å². The van der Waals surface area contributed by atoms with Crippen molar-refractivity contribution in [3.8, 4) is 5.75 Å². The SMILES string of the molecule is COC(=O)C(Cn1ccc2c(OC)cccc21)NC(C)=O. The monoisotopic (exact) mass is 290 g/mol. The lowest BCUT2D eigenvalue weighted by Crippen LogP contribution is -2.43. The predicted molar refractivity (Wildman–Crippen MR) is 78.1 cm³/mol. The number of aromatic nitrogens is 1. The molecule has 0 radical (unpaired) electrons. The minimum absolute atomic E-state index is 0.278. The minimum atomic E-state index is -0.727. The fourth-order valence-electron chi connectivity index (χ4n) is 2.30. The first kappa shape index (κ1) is 14.9. The summed E-state index contributed by atoms with van der Waals surface area (Å²) in [5, 5.41) is 3.55. The van der Waals surface area contributed by atoms with E-state index < -0.39 is 12.0 Å². The Morgan fingerprint density at radius 3 is 2.67 bits per heavy atom. The molecule has 2 aromatic rings. The van der Waals surface area contributed by atoms with Gasteiger partial charge in [-0.2, -0.15) is 0 Å². The normalized spacial score (nSPS) is 12.0. The van der Waals surface area contributed by atoms with Crippen LogP contribution >= 0.6 is 0 Å². The number of hydrogen-bond donors (Lipinski definition) is 1. The summed E-state index contributed by atoms with van der Waals surface area (Å²) in [7, 11) is 2.91. The second kappa shape index (κ2) is 6.30. The van der Waals surface area contributed by atoms with Crippen molar-refractivity contribution in [2.45, 2.75) is 19.5 Å². The minimum Gasteiger partial charge on any atom is -0.496 e. The summed E-state index contributed by atoms with van der Waals surface area (Å²) in [5.74, 6) is 0.00906. The molecular weight excluding hydrogens is 272 g/mol. The number of fused-ring (bicyclic) bond motifs is 1. The van der Waals surface area contributed by atoms with Gasteiger partial charge in [0.15, 0.2) is 0 Å². The van der Waals surface area contributed by atoms with Crippen LogP contribution in [0.3, 0.4) is 0 Å². The second-order valence-corrected chi connectivity index (χ2v) is 4.64. The van der Waals surface area contributed by atoms with Crippen molar-refractivity contribution >= 4 is 22.8 Å². The molecule has 0 aliphatic carbocycles. The van der Waals surface area contributed by atoms with Gasteiger partial charge in [0, 0.05) is 18.5 Å². The molecule has 1 unspecified atom stereocenters. The zero-order valence-corrected chi connectivity index (χ0v) is 12.3. The number of nitrogens with zero attached hydrogens (tertiary/aromatic N) is 1. The topological polar surface area (TPSA) is 69.6 Å². The number of nitrogens with one attached hydrogen (secondary N) is 1. The molecule has 0 bridgehead atoms. The maximum Gasteiger partial charge on any atom is 0.330 e. The molecule has 0 saturated carbocycles. The number of rotatable bonds is 5. The highest BCUT2D eigenvalue weighted by Crippen LogP contribution is 2.26. The Balaban J connectivity index is 2.32. The molecule has 1 aromatic carbocycles. The number of esters is 1. The molecule has 1 heterocycles. The van der Waals surface area contributed by atoms with Crippen LogP contribution in [0.5, 0.6) is 5.75 Å². The summed E-state index contributed by atoms with van der Waals surface area (Å²) in [6, 6.07) is 6.87. The Bertz CT molecular complexity index is 663. The van der Waals surface area contributed by atoms with E-state index in [0.29, 0.717) is 6.54 Å². The van der Waals surface area contributed by atoms with Crippen molar-refractivity contribution < 1.29 is 19.1 Å². The van der Waals surface area contributed by atoms with Crippen LogP contribution in [0.4, 0.5) is 0 Å². The summed E-state index contributed by atoms with van der Waals surface area (Å²) >= 11 is 0. The Morgan fingerprint density at radius 2 is 2.05 bits per heavy atom. The van der Waals surface area contributed by atoms with E-state index in [1.54, 1.807) is 7.11 Å². The first-order valence-electron chi connectivity index (χ1n) is 6.53. The Kier molecular flexibility index (Phi) is 4.47. The number of carbonyl (C=O) groups excluding carboxylic acids is 2. The summed E-state index contributed by atoms with van der Waals surface area (Å²) in [6.07, 6.45) is 1.85. The molecule has 0 spiro atoms. The average Bonchev–Trinajstić information content (AvgIpc) is 2.88. The Morgan fingerprint density at radius 1 is 1.29 bits per heavy atom. The molecule has 0 fully saturated rings. The van der Waals surface area contributed by atoms with Gasteiger partial charge in [-0.05, 0) is 18.2 Å². The van der Waals surface area contributed by atoms with Crippen molar-refractivity contribution in [3.63, 3.8) is 0 Å². The fraction of sp³-hybridized carbons (Fsp3) is 0.333. The van der Waals surface area contributed by atoms with Crippen LogP contribution in [0.1, 0.15) is 6.92 Å². The zero-order chi connectivity index (χ0) is 15.4. The molecule has 1 N–H and O–H groups in total. The van der Waals surface area contributed by atoms with E-state index in [1.807, 2.05) is 35.0 Å². The van der Waals surface area contributed by atoms with Gasteiger partial charge in [-0.25, -0.2) is 4.79 Å². The van der Waals surface area contributed by atoms with Crippen molar-refractivity contribution in [1.82, 2.24) is 9.88 Å². The van der Waals surface area contributed by atoms with E-state index in [4.69, 9.17) is 9.47 Å². The van der Waals surface area contributed by atoms with E-state index in [1.165, 1.54) is 14.0 Å². The van der Waals surface area contributed by atoms with Crippen molar-refractivity contribution in [3.05, 3.63) is 30.5 Å². The van der Waals surface area contributed by atoms with Crippen molar-refractivity contribution in [1.29, 1.82) is 0 Å². The standard InChI is InChI=1S/C15H18N2O4/c1-10(18)16-12(15(19)21-3)9-17-8-7-11-13(17)5-4-6-14(11)20-2/h4-8,12H,9H2,1-3H3,(H,16,18). The molecule has 2 rings (SSSR count). The summed E-state index contributed by atoms with van der Waals surface area (Å²) in [6.45, 7) is 1.66. The van der Waals surface area contributed by atoms with E-state index in [9.17, 15) is 9.59 Å². The molecule has 1 aromatic heterocycles. The number of ether oxygens (including phenoxy) is 2. The lowest BCUT2D eigenvalue weighted by Gasteiger charge is -2.17. The first-order chi connectivity index (χ1) is 10.1. The first-order valence-corrected chi connectivity index (χ1v) is 6.53. The average molecular weight is 290 g/mol. The number of benzene rings is 1. The van der Waals surface area contributed by atoms with Crippen LogP contribution in [0.15, 0.2) is 30.5 Å². The molecule has 1 amide bonds. The second-order valence-electron chi connectivity index (χ2n) is 4.64. The van der Waals surface area contributed by atoms with Gasteiger partial charge in [0.2, 0.25) is 5.91 Å². The van der Waals surface area contributed by atoms with Crippen LogP contribution in [0.2, 0.25) is 0 Å². The number of carbonyl (C=O) groups is 2. The maximum absolute atomic E-state index is 11.8. The van der Waals surface area contributed by atoms with Crippen molar-refractivity contribution in [2.24, 2.45) is 0 Å². The Hall–Kier alpha value is -2.50. The van der Waals surface area contributed by atoms with Crippen LogP contribution < -0.4 is 10.1 Å². The van der Waals surface area contributed by atoms with Gasteiger partial charge in [-0.15, -0.1) is 0 Å². The van der Waals surface area contributed by atoms with Gasteiger partial charge in [0.1, 0.15) is 11.8 Å². The maximum atomic E-state index is 11.8. The summed E-state index contributed by atoms with van der Waals surface area (Å²) < 4.78 is 11.9. The molecule has 21 heavy (non-hydrogen) atoms. The third-order valence-electron chi connectivity index (χ3n) is 3.24. The van der Waals surface area contributed by atoms with Gasteiger partial charge in [0.25, 0.3) is 0 Å². The van der Waals surface area contributed by atoms with Gasteiger partial charge in [-0.1, -0.05) is 6.07 Å². The van der Waals surface area contributed by atoms with E-state index in [-0.39, 0.29) is 5.91 Å². The van der Waals surface area contributed by atoms with Gasteiger partial charge >= 0.3 is 5.97 Å².